The number of hydrogen-bond acceptors (Lipinski definition) is 3. The van der Waals surface area contributed by atoms with Crippen LogP contribution < -0.4 is 5.56 Å². The van der Waals surface area contributed by atoms with Crippen LogP contribution in [0.1, 0.15) is 26.7 Å². The second-order valence-corrected chi connectivity index (χ2v) is 6.91. The summed E-state index contributed by atoms with van der Waals surface area (Å²) in [5.74, 6) is 0. The third kappa shape index (κ3) is 3.33. The number of benzene rings is 1. The van der Waals surface area contributed by atoms with E-state index in [1.165, 1.54) is 10.4 Å². The Bertz CT molecular complexity index is 775. The molecule has 0 fully saturated rings. The van der Waals surface area contributed by atoms with Gasteiger partial charge in [-0.25, -0.2) is 8.42 Å². The number of fused-ring (bicyclic) bond motifs is 1. The Balaban J connectivity index is 2.48. The van der Waals surface area contributed by atoms with Crippen LogP contribution in [-0.4, -0.2) is 30.8 Å². The first-order valence-electron chi connectivity index (χ1n) is 7.12. The molecule has 2 aromatic rings. The first kappa shape index (κ1) is 15.7. The molecule has 0 aliphatic rings. The first-order valence-corrected chi connectivity index (χ1v) is 8.56. The lowest BCUT2D eigenvalue weighted by atomic mass is 10.2. The van der Waals surface area contributed by atoms with E-state index in [0.29, 0.717) is 24.0 Å². The quantitative estimate of drug-likeness (QED) is 0.890. The summed E-state index contributed by atoms with van der Waals surface area (Å²) in [7, 11) is -3.49. The van der Waals surface area contributed by atoms with Gasteiger partial charge in [0, 0.05) is 24.7 Å². The molecule has 114 valence electrons. The van der Waals surface area contributed by atoms with Crippen molar-refractivity contribution in [2.24, 2.45) is 0 Å². The minimum atomic E-state index is -3.49. The third-order valence-corrected chi connectivity index (χ3v) is 5.17. The van der Waals surface area contributed by atoms with Gasteiger partial charge in [-0.15, -0.1) is 0 Å². The summed E-state index contributed by atoms with van der Waals surface area (Å²) in [6.07, 6.45) is 1.56. The lowest BCUT2D eigenvalue weighted by molar-refractivity contribution is 0.410. The fourth-order valence-corrected chi connectivity index (χ4v) is 3.95. The summed E-state index contributed by atoms with van der Waals surface area (Å²) >= 11 is 0. The number of pyridine rings is 1. The summed E-state index contributed by atoms with van der Waals surface area (Å²) in [5.41, 5.74) is 0.440. The summed E-state index contributed by atoms with van der Waals surface area (Å²) in [6.45, 7) is 4.95. The van der Waals surface area contributed by atoms with Crippen molar-refractivity contribution < 1.29 is 8.42 Å². The van der Waals surface area contributed by atoms with Crippen LogP contribution in [0.4, 0.5) is 0 Å². The highest BCUT2D eigenvalue weighted by Crippen LogP contribution is 2.20. The van der Waals surface area contributed by atoms with Crippen LogP contribution in [0.15, 0.2) is 40.0 Å². The molecule has 1 aromatic carbocycles. The van der Waals surface area contributed by atoms with E-state index in [0.717, 1.165) is 12.8 Å². The van der Waals surface area contributed by atoms with Gasteiger partial charge in [0.25, 0.3) is 0 Å². The molecule has 0 aliphatic heterocycles. The minimum Gasteiger partial charge on any atom is -0.322 e. The Hall–Kier alpha value is -1.66. The molecule has 5 nitrogen and oxygen atoms in total. The Labute approximate surface area is 124 Å². The van der Waals surface area contributed by atoms with Crippen molar-refractivity contribution in [3.8, 4) is 0 Å². The van der Waals surface area contributed by atoms with Gasteiger partial charge in [0.1, 0.15) is 0 Å². The van der Waals surface area contributed by atoms with Crippen molar-refractivity contribution in [1.29, 1.82) is 0 Å². The van der Waals surface area contributed by atoms with Gasteiger partial charge in [0.15, 0.2) is 0 Å². The van der Waals surface area contributed by atoms with Crippen molar-refractivity contribution in [3.05, 3.63) is 40.7 Å². The van der Waals surface area contributed by atoms with Gasteiger partial charge in [0.05, 0.1) is 4.90 Å². The third-order valence-electron chi connectivity index (χ3n) is 3.28. The zero-order valence-corrected chi connectivity index (χ0v) is 13.1. The molecule has 0 saturated carbocycles. The standard InChI is InChI=1S/C15H20N2O3S/c1-3-9-17(10-4-2)21(19,20)13-6-7-14-12(11-13)5-8-15(18)16-14/h5-8,11H,3-4,9-10H2,1-2H3,(H,16,18). The number of nitrogens with one attached hydrogen (secondary N) is 1. The lowest BCUT2D eigenvalue weighted by Gasteiger charge is -2.21. The Morgan fingerprint density at radius 2 is 1.71 bits per heavy atom. The maximum absolute atomic E-state index is 12.7. The molecule has 0 saturated heterocycles. The highest BCUT2D eigenvalue weighted by Gasteiger charge is 2.23. The van der Waals surface area contributed by atoms with Gasteiger partial charge in [-0.05, 0) is 42.5 Å². The number of rotatable bonds is 6. The summed E-state index contributed by atoms with van der Waals surface area (Å²) in [5, 5.41) is 0.712. The van der Waals surface area contributed by atoms with E-state index in [1.807, 2.05) is 13.8 Å². The van der Waals surface area contributed by atoms with Crippen LogP contribution in [0.3, 0.4) is 0 Å². The van der Waals surface area contributed by atoms with Gasteiger partial charge in [0.2, 0.25) is 15.6 Å². The Morgan fingerprint density at radius 3 is 2.33 bits per heavy atom. The van der Waals surface area contributed by atoms with Crippen molar-refractivity contribution in [2.75, 3.05) is 13.1 Å². The summed E-state index contributed by atoms with van der Waals surface area (Å²) < 4.78 is 26.9. The van der Waals surface area contributed by atoms with E-state index < -0.39 is 10.0 Å². The molecule has 1 N–H and O–H groups in total. The van der Waals surface area contributed by atoms with Gasteiger partial charge in [-0.3, -0.25) is 4.79 Å². The molecule has 21 heavy (non-hydrogen) atoms. The number of nitrogens with zero attached hydrogens (tertiary/aromatic N) is 1. The number of aromatic nitrogens is 1. The maximum Gasteiger partial charge on any atom is 0.248 e. The van der Waals surface area contributed by atoms with Gasteiger partial charge in [-0.2, -0.15) is 4.31 Å². The van der Waals surface area contributed by atoms with E-state index in [9.17, 15) is 13.2 Å². The van der Waals surface area contributed by atoms with Gasteiger partial charge in [-0.1, -0.05) is 13.8 Å². The van der Waals surface area contributed by atoms with E-state index in [2.05, 4.69) is 4.98 Å². The van der Waals surface area contributed by atoms with E-state index in [-0.39, 0.29) is 10.5 Å². The average Bonchev–Trinajstić information content (AvgIpc) is 2.46. The zero-order valence-electron chi connectivity index (χ0n) is 12.3. The molecule has 6 heteroatoms. The first-order chi connectivity index (χ1) is 9.98. The largest absolute Gasteiger partial charge is 0.322 e. The topological polar surface area (TPSA) is 70.2 Å². The minimum absolute atomic E-state index is 0.198. The van der Waals surface area contributed by atoms with Crippen LogP contribution in [-0.2, 0) is 10.0 Å². The molecular formula is C15H20N2O3S. The monoisotopic (exact) mass is 308 g/mol. The molecule has 0 amide bonds. The highest BCUT2D eigenvalue weighted by atomic mass is 32.2. The number of sulfonamides is 1. The molecular weight excluding hydrogens is 288 g/mol. The molecule has 0 aliphatic carbocycles. The van der Waals surface area contributed by atoms with E-state index in [4.69, 9.17) is 0 Å². The van der Waals surface area contributed by atoms with Crippen molar-refractivity contribution in [2.45, 2.75) is 31.6 Å². The smallest absolute Gasteiger partial charge is 0.248 e. The normalized spacial score (nSPS) is 12.1. The molecule has 0 unspecified atom stereocenters. The predicted octanol–water partition coefficient (Wildman–Crippen LogP) is 2.34. The second-order valence-electron chi connectivity index (χ2n) is 4.98. The van der Waals surface area contributed by atoms with Crippen molar-refractivity contribution in [1.82, 2.24) is 9.29 Å². The number of aromatic amines is 1. The maximum atomic E-state index is 12.7. The molecule has 1 aromatic heterocycles. The van der Waals surface area contributed by atoms with Crippen LogP contribution in [0.25, 0.3) is 10.9 Å². The van der Waals surface area contributed by atoms with Gasteiger partial charge >= 0.3 is 0 Å². The fraction of sp³-hybridized carbons (Fsp3) is 0.400. The SMILES string of the molecule is CCCN(CCC)S(=O)(=O)c1ccc2[nH]c(=O)ccc2c1. The molecule has 1 heterocycles. The number of hydrogen-bond donors (Lipinski definition) is 1. The molecule has 0 bridgehead atoms. The zero-order chi connectivity index (χ0) is 15.5. The lowest BCUT2D eigenvalue weighted by Crippen LogP contribution is -2.32. The average molecular weight is 308 g/mol. The highest BCUT2D eigenvalue weighted by molar-refractivity contribution is 7.89. The summed E-state index contributed by atoms with van der Waals surface area (Å²) in [6, 6.07) is 7.83. The predicted molar refractivity (Wildman–Crippen MR) is 83.9 cm³/mol. The van der Waals surface area contributed by atoms with Crippen LogP contribution in [0, 0.1) is 0 Å². The van der Waals surface area contributed by atoms with E-state index in [1.54, 1.807) is 24.3 Å². The van der Waals surface area contributed by atoms with E-state index >= 15 is 0 Å². The molecule has 2 rings (SSSR count). The summed E-state index contributed by atoms with van der Waals surface area (Å²) in [4.78, 5) is 14.2. The molecule has 0 spiro atoms. The Kier molecular flexibility index (Phi) is 4.80. The molecule has 0 radical (unpaired) electrons. The number of H-pyrrole nitrogens is 1. The van der Waals surface area contributed by atoms with Crippen molar-refractivity contribution >= 4 is 20.9 Å². The fourth-order valence-electron chi connectivity index (χ4n) is 2.29. The van der Waals surface area contributed by atoms with Crippen LogP contribution >= 0.6 is 0 Å². The van der Waals surface area contributed by atoms with Crippen LogP contribution in [0.2, 0.25) is 0 Å². The van der Waals surface area contributed by atoms with Crippen molar-refractivity contribution in [3.63, 3.8) is 0 Å². The molecule has 0 atom stereocenters. The van der Waals surface area contributed by atoms with Gasteiger partial charge < -0.3 is 4.98 Å². The second kappa shape index (κ2) is 6.41. The Morgan fingerprint density at radius 1 is 1.05 bits per heavy atom. The van der Waals surface area contributed by atoms with Crippen LogP contribution in [0.5, 0.6) is 0 Å².